The molecule has 0 spiro atoms. The van der Waals surface area contributed by atoms with Crippen molar-refractivity contribution in [1.82, 2.24) is 0 Å². The summed E-state index contributed by atoms with van der Waals surface area (Å²) in [4.78, 5) is 11.7. The summed E-state index contributed by atoms with van der Waals surface area (Å²) in [5.74, 6) is 0.851. The SMILES string of the molecule is COC(=O)C[C]1[CH][CH][CH][C]1P(c1ccccc1)c1ccccc1. The first-order chi connectivity index (χ1) is 11.3. The molecule has 1 aliphatic carbocycles. The molecule has 3 heteroatoms. The van der Waals surface area contributed by atoms with Crippen LogP contribution in [-0.4, -0.2) is 13.1 Å². The monoisotopic (exact) mass is 321 g/mol. The lowest BCUT2D eigenvalue weighted by Gasteiger charge is -2.28. The minimum atomic E-state index is -0.673. The molecule has 0 aliphatic heterocycles. The van der Waals surface area contributed by atoms with Crippen LogP contribution in [0.5, 0.6) is 0 Å². The molecule has 0 amide bonds. The number of hydrogen-bond donors (Lipinski definition) is 0. The standard InChI is InChI=1S/C20H18O2P/c1-22-20(21)15-16-9-8-14-19(16)23(17-10-4-2-5-11-17)18-12-6-3-7-13-18/h2-14H,15H2,1H3. The van der Waals surface area contributed by atoms with Gasteiger partial charge < -0.3 is 4.74 Å². The third kappa shape index (κ3) is 3.82. The van der Waals surface area contributed by atoms with Gasteiger partial charge in [0.1, 0.15) is 0 Å². The van der Waals surface area contributed by atoms with E-state index >= 15 is 0 Å². The lowest BCUT2D eigenvalue weighted by atomic mass is 10.0. The molecule has 0 unspecified atom stereocenters. The van der Waals surface area contributed by atoms with Gasteiger partial charge in [0.25, 0.3) is 0 Å². The number of rotatable bonds is 5. The molecule has 0 bridgehead atoms. The largest absolute Gasteiger partial charge is 0.469 e. The fourth-order valence-electron chi connectivity index (χ4n) is 2.62. The summed E-state index contributed by atoms with van der Waals surface area (Å²) in [7, 11) is 0.760. The number of carbonyl (C=O) groups is 1. The van der Waals surface area contributed by atoms with Crippen LogP contribution < -0.4 is 10.6 Å². The van der Waals surface area contributed by atoms with Crippen LogP contribution in [0.25, 0.3) is 0 Å². The maximum atomic E-state index is 11.7. The quantitative estimate of drug-likeness (QED) is 0.623. The molecule has 0 saturated heterocycles. The Labute approximate surface area is 139 Å². The zero-order valence-electron chi connectivity index (χ0n) is 13.0. The fourth-order valence-corrected chi connectivity index (χ4v) is 5.10. The van der Waals surface area contributed by atoms with Gasteiger partial charge in [-0.1, -0.05) is 60.7 Å². The third-order valence-corrected chi connectivity index (χ3v) is 6.26. The van der Waals surface area contributed by atoms with Gasteiger partial charge in [0.05, 0.1) is 13.5 Å². The van der Waals surface area contributed by atoms with Gasteiger partial charge in [-0.15, -0.1) is 0 Å². The van der Waals surface area contributed by atoms with Crippen molar-refractivity contribution < 1.29 is 9.53 Å². The highest BCUT2D eigenvalue weighted by Gasteiger charge is 2.38. The topological polar surface area (TPSA) is 26.3 Å². The van der Waals surface area contributed by atoms with Crippen LogP contribution >= 0.6 is 7.92 Å². The van der Waals surface area contributed by atoms with Crippen LogP contribution in [0.2, 0.25) is 0 Å². The molecule has 1 aliphatic rings. The van der Waals surface area contributed by atoms with E-state index in [1.54, 1.807) is 0 Å². The molecule has 0 N–H and O–H groups in total. The van der Waals surface area contributed by atoms with E-state index in [-0.39, 0.29) is 5.97 Å². The van der Waals surface area contributed by atoms with Gasteiger partial charge >= 0.3 is 5.97 Å². The summed E-state index contributed by atoms with van der Waals surface area (Å²) < 4.78 is 4.84. The number of ether oxygens (including phenoxy) is 1. The second-order valence-electron chi connectivity index (χ2n) is 5.20. The highest BCUT2D eigenvalue weighted by atomic mass is 31.1. The maximum Gasteiger partial charge on any atom is 0.306 e. The van der Waals surface area contributed by atoms with Crippen molar-refractivity contribution in [2.24, 2.45) is 0 Å². The smallest absolute Gasteiger partial charge is 0.306 e. The van der Waals surface area contributed by atoms with E-state index < -0.39 is 7.92 Å². The van der Waals surface area contributed by atoms with Crippen LogP contribution in [0.15, 0.2) is 60.7 Å². The Hall–Kier alpha value is -1.66. The Morgan fingerprint density at radius 1 is 0.913 bits per heavy atom. The summed E-state index contributed by atoms with van der Waals surface area (Å²) in [6.45, 7) is 0. The number of methoxy groups -OCH3 is 1. The molecule has 1 fully saturated rings. The second kappa shape index (κ2) is 7.75. The molecule has 2 aromatic carbocycles. The molecule has 115 valence electrons. The molecule has 0 heterocycles. The van der Waals surface area contributed by atoms with Crippen molar-refractivity contribution in [1.29, 1.82) is 0 Å². The van der Waals surface area contributed by atoms with Crippen molar-refractivity contribution in [3.05, 3.63) is 91.5 Å². The Morgan fingerprint density at radius 2 is 1.48 bits per heavy atom. The van der Waals surface area contributed by atoms with Crippen molar-refractivity contribution in [2.75, 3.05) is 7.11 Å². The number of hydrogen-bond acceptors (Lipinski definition) is 2. The fraction of sp³-hybridized carbons (Fsp3) is 0.100. The molecule has 0 aromatic heterocycles. The molecule has 2 nitrogen and oxygen atoms in total. The van der Waals surface area contributed by atoms with Crippen molar-refractivity contribution in [3.8, 4) is 0 Å². The molecular weight excluding hydrogens is 303 g/mol. The third-order valence-electron chi connectivity index (χ3n) is 3.71. The van der Waals surface area contributed by atoms with Gasteiger partial charge in [-0.2, -0.15) is 0 Å². The highest BCUT2D eigenvalue weighted by molar-refractivity contribution is 7.76. The number of benzene rings is 2. The van der Waals surface area contributed by atoms with Gasteiger partial charge in [0.2, 0.25) is 0 Å². The highest BCUT2D eigenvalue weighted by Crippen LogP contribution is 2.56. The molecular formula is C20H18O2P. The van der Waals surface area contributed by atoms with E-state index in [2.05, 4.69) is 55.0 Å². The van der Waals surface area contributed by atoms with Crippen molar-refractivity contribution in [2.45, 2.75) is 6.42 Å². The van der Waals surface area contributed by atoms with Crippen LogP contribution in [0.4, 0.5) is 0 Å². The van der Waals surface area contributed by atoms with Crippen LogP contribution in [0.1, 0.15) is 6.42 Å². The molecule has 2 aromatic rings. The minimum Gasteiger partial charge on any atom is -0.469 e. The van der Waals surface area contributed by atoms with Crippen molar-refractivity contribution >= 4 is 24.5 Å². The summed E-state index contributed by atoms with van der Waals surface area (Å²) in [5, 5.41) is 2.57. The van der Waals surface area contributed by atoms with E-state index in [1.807, 2.05) is 25.0 Å². The summed E-state index contributed by atoms with van der Waals surface area (Å²) >= 11 is 0. The van der Waals surface area contributed by atoms with Gasteiger partial charge in [-0.25, -0.2) is 0 Å². The van der Waals surface area contributed by atoms with E-state index in [4.69, 9.17) is 4.74 Å². The Kier molecular flexibility index (Phi) is 5.46. The van der Waals surface area contributed by atoms with Gasteiger partial charge in [0, 0.05) is 11.6 Å². The van der Waals surface area contributed by atoms with Crippen LogP contribution in [0.3, 0.4) is 0 Å². The maximum absolute atomic E-state index is 11.7. The molecule has 3 rings (SSSR count). The van der Waals surface area contributed by atoms with Crippen LogP contribution in [-0.2, 0) is 9.53 Å². The lowest BCUT2D eigenvalue weighted by Crippen LogP contribution is -2.20. The number of esters is 1. The van der Waals surface area contributed by atoms with Crippen molar-refractivity contribution in [3.63, 3.8) is 0 Å². The zero-order valence-corrected chi connectivity index (χ0v) is 13.9. The normalized spacial score (nSPS) is 15.9. The minimum absolute atomic E-state index is 0.200. The Morgan fingerprint density at radius 3 is 2.00 bits per heavy atom. The molecule has 5 radical (unpaired) electrons. The first-order valence-electron chi connectivity index (χ1n) is 7.51. The molecule has 23 heavy (non-hydrogen) atoms. The van der Waals surface area contributed by atoms with Crippen LogP contribution in [0, 0.1) is 30.8 Å². The first kappa shape index (κ1) is 16.2. The summed E-state index contributed by atoms with van der Waals surface area (Å²) in [5.41, 5.74) is 1.22. The molecule has 1 saturated carbocycles. The van der Waals surface area contributed by atoms with Gasteiger partial charge in [-0.3, -0.25) is 4.79 Å². The Balaban J connectivity index is 1.93. The summed E-state index contributed by atoms with van der Waals surface area (Å²) in [6, 6.07) is 21.0. The zero-order chi connectivity index (χ0) is 16.1. The van der Waals surface area contributed by atoms with Gasteiger partial charge in [0.15, 0.2) is 0 Å². The van der Waals surface area contributed by atoms with E-state index in [9.17, 15) is 4.79 Å². The van der Waals surface area contributed by atoms with E-state index in [1.165, 1.54) is 23.4 Å². The Bertz CT molecular complexity index is 587. The van der Waals surface area contributed by atoms with E-state index in [0.717, 1.165) is 5.92 Å². The van der Waals surface area contributed by atoms with Gasteiger partial charge in [-0.05, 0) is 37.8 Å². The first-order valence-corrected chi connectivity index (χ1v) is 8.85. The average molecular weight is 321 g/mol. The number of carbonyl (C=O) groups excluding carboxylic acids is 1. The molecule has 0 atom stereocenters. The summed E-state index contributed by atoms with van der Waals surface area (Å²) in [6.07, 6.45) is 6.49. The van der Waals surface area contributed by atoms with E-state index in [0.29, 0.717) is 6.42 Å². The second-order valence-corrected chi connectivity index (χ2v) is 7.38. The predicted molar refractivity (Wildman–Crippen MR) is 95.1 cm³/mol. The predicted octanol–water partition coefficient (Wildman–Crippen LogP) is 3.42. The lowest BCUT2D eigenvalue weighted by molar-refractivity contribution is -0.140. The average Bonchev–Trinajstić information content (AvgIpc) is 3.05.